The summed E-state index contributed by atoms with van der Waals surface area (Å²) in [4.78, 5) is 11.6. The number of hydrogen-bond acceptors (Lipinski definition) is 2. The summed E-state index contributed by atoms with van der Waals surface area (Å²) in [5.41, 5.74) is 0.154. The van der Waals surface area contributed by atoms with Crippen molar-refractivity contribution < 1.29 is 9.53 Å². The van der Waals surface area contributed by atoms with Gasteiger partial charge in [0.15, 0.2) is 0 Å². The van der Waals surface area contributed by atoms with E-state index < -0.39 is 0 Å². The minimum Gasteiger partial charge on any atom is -0.369 e. The van der Waals surface area contributed by atoms with Crippen LogP contribution < -0.4 is 0 Å². The molecule has 1 saturated heterocycles. The molecule has 3 atom stereocenters. The lowest BCUT2D eigenvalue weighted by molar-refractivity contribution is -0.124. The Morgan fingerprint density at radius 3 is 2.83 bits per heavy atom. The molecule has 2 rings (SSSR count). The van der Waals surface area contributed by atoms with Gasteiger partial charge in [-0.25, -0.2) is 0 Å². The Hall–Kier alpha value is -0.370. The summed E-state index contributed by atoms with van der Waals surface area (Å²) in [6.07, 6.45) is 2.40. The number of ketones is 1. The van der Waals surface area contributed by atoms with Gasteiger partial charge in [-0.05, 0) is 11.8 Å². The average Bonchev–Trinajstić information content (AvgIpc) is 2.62. The van der Waals surface area contributed by atoms with E-state index in [4.69, 9.17) is 4.74 Å². The smallest absolute Gasteiger partial charge is 0.138 e. The number of rotatable bonds is 0. The molecule has 3 unspecified atom stereocenters. The SMILES string of the molecule is CC1C(=O)CC(C)(C)CC2OC21. The number of epoxide rings is 1. The van der Waals surface area contributed by atoms with Crippen molar-refractivity contribution in [2.75, 3.05) is 0 Å². The van der Waals surface area contributed by atoms with Crippen molar-refractivity contribution in [1.29, 1.82) is 0 Å². The summed E-state index contributed by atoms with van der Waals surface area (Å²) in [6, 6.07) is 0. The van der Waals surface area contributed by atoms with E-state index in [9.17, 15) is 4.79 Å². The largest absolute Gasteiger partial charge is 0.369 e. The molecule has 1 saturated carbocycles. The molecule has 2 nitrogen and oxygen atoms in total. The lowest BCUT2D eigenvalue weighted by Crippen LogP contribution is -2.20. The second-order valence-corrected chi connectivity index (χ2v) is 4.94. The Bertz CT molecular complexity index is 220. The van der Waals surface area contributed by atoms with Crippen molar-refractivity contribution in [3.05, 3.63) is 0 Å². The summed E-state index contributed by atoms with van der Waals surface area (Å²) in [5, 5.41) is 0. The summed E-state index contributed by atoms with van der Waals surface area (Å²) in [5.74, 6) is 0.516. The van der Waals surface area contributed by atoms with Crippen LogP contribution in [-0.4, -0.2) is 18.0 Å². The van der Waals surface area contributed by atoms with Gasteiger partial charge in [-0.2, -0.15) is 0 Å². The van der Waals surface area contributed by atoms with Crippen molar-refractivity contribution in [2.24, 2.45) is 11.3 Å². The molecule has 0 bridgehead atoms. The van der Waals surface area contributed by atoms with Gasteiger partial charge in [0.05, 0.1) is 12.2 Å². The summed E-state index contributed by atoms with van der Waals surface area (Å²) in [7, 11) is 0. The fourth-order valence-electron chi connectivity index (χ4n) is 2.19. The molecule has 0 N–H and O–H groups in total. The zero-order valence-electron chi connectivity index (χ0n) is 7.96. The molecule has 0 aromatic rings. The van der Waals surface area contributed by atoms with Crippen LogP contribution >= 0.6 is 0 Å². The lowest BCUT2D eigenvalue weighted by Gasteiger charge is -2.21. The molecule has 1 aliphatic carbocycles. The van der Waals surface area contributed by atoms with Crippen molar-refractivity contribution in [3.63, 3.8) is 0 Å². The number of Topliss-reactive ketones (excluding diaryl/α,β-unsaturated/α-hetero) is 1. The van der Waals surface area contributed by atoms with E-state index in [0.717, 1.165) is 12.8 Å². The molecule has 0 amide bonds. The van der Waals surface area contributed by atoms with Crippen molar-refractivity contribution in [3.8, 4) is 0 Å². The highest BCUT2D eigenvalue weighted by atomic mass is 16.6. The maximum atomic E-state index is 11.6. The number of fused-ring (bicyclic) bond motifs is 1. The standard InChI is InChI=1S/C10H16O2/c1-6-7(11)4-10(2,3)5-8-9(6)12-8/h6,8-9H,4-5H2,1-3H3. The van der Waals surface area contributed by atoms with Crippen molar-refractivity contribution in [1.82, 2.24) is 0 Å². The van der Waals surface area contributed by atoms with E-state index in [1.165, 1.54) is 0 Å². The molecule has 1 aliphatic heterocycles. The number of ether oxygens (including phenoxy) is 1. The third-order valence-electron chi connectivity index (χ3n) is 3.03. The zero-order chi connectivity index (χ0) is 8.93. The van der Waals surface area contributed by atoms with Gasteiger partial charge in [-0.15, -0.1) is 0 Å². The summed E-state index contributed by atoms with van der Waals surface area (Å²) >= 11 is 0. The average molecular weight is 168 g/mol. The normalized spacial score (nSPS) is 44.9. The topological polar surface area (TPSA) is 29.6 Å². The van der Waals surface area contributed by atoms with Crippen LogP contribution in [0.1, 0.15) is 33.6 Å². The van der Waals surface area contributed by atoms with Crippen LogP contribution in [0.25, 0.3) is 0 Å². The minimum absolute atomic E-state index is 0.136. The summed E-state index contributed by atoms with van der Waals surface area (Å²) < 4.78 is 5.46. The highest BCUT2D eigenvalue weighted by molar-refractivity contribution is 5.82. The van der Waals surface area contributed by atoms with Gasteiger partial charge in [0.2, 0.25) is 0 Å². The van der Waals surface area contributed by atoms with E-state index in [1.807, 2.05) is 6.92 Å². The third kappa shape index (κ3) is 1.28. The molecule has 0 radical (unpaired) electrons. The fourth-order valence-corrected chi connectivity index (χ4v) is 2.19. The van der Waals surface area contributed by atoms with Crippen LogP contribution in [0, 0.1) is 11.3 Å². The molecular weight excluding hydrogens is 152 g/mol. The first-order valence-electron chi connectivity index (χ1n) is 4.68. The second kappa shape index (κ2) is 2.32. The monoisotopic (exact) mass is 168 g/mol. The first-order chi connectivity index (χ1) is 5.49. The lowest BCUT2D eigenvalue weighted by atomic mass is 9.84. The first-order valence-corrected chi connectivity index (χ1v) is 4.68. The van der Waals surface area contributed by atoms with E-state index in [2.05, 4.69) is 13.8 Å². The van der Waals surface area contributed by atoms with E-state index >= 15 is 0 Å². The van der Waals surface area contributed by atoms with Crippen LogP contribution in [0.15, 0.2) is 0 Å². The Kier molecular flexibility index (Phi) is 1.59. The number of hydrogen-bond donors (Lipinski definition) is 0. The van der Waals surface area contributed by atoms with Gasteiger partial charge < -0.3 is 4.74 Å². The Morgan fingerprint density at radius 1 is 1.50 bits per heavy atom. The Morgan fingerprint density at radius 2 is 2.17 bits per heavy atom. The zero-order valence-corrected chi connectivity index (χ0v) is 7.96. The van der Waals surface area contributed by atoms with Crippen LogP contribution in [0.2, 0.25) is 0 Å². The quantitative estimate of drug-likeness (QED) is 0.516. The molecule has 0 aromatic carbocycles. The van der Waals surface area contributed by atoms with Crippen molar-refractivity contribution >= 4 is 5.78 Å². The molecule has 1 heterocycles. The molecule has 12 heavy (non-hydrogen) atoms. The van der Waals surface area contributed by atoms with Crippen LogP contribution in [0.3, 0.4) is 0 Å². The molecular formula is C10H16O2. The fraction of sp³-hybridized carbons (Fsp3) is 0.900. The van der Waals surface area contributed by atoms with Gasteiger partial charge in [-0.3, -0.25) is 4.79 Å². The third-order valence-corrected chi connectivity index (χ3v) is 3.03. The van der Waals surface area contributed by atoms with Gasteiger partial charge in [0.25, 0.3) is 0 Å². The predicted octanol–water partition coefficient (Wildman–Crippen LogP) is 1.78. The molecule has 68 valence electrons. The van der Waals surface area contributed by atoms with Crippen LogP contribution in [-0.2, 0) is 9.53 Å². The highest BCUT2D eigenvalue weighted by Gasteiger charge is 2.51. The van der Waals surface area contributed by atoms with Gasteiger partial charge in [-0.1, -0.05) is 20.8 Å². The highest BCUT2D eigenvalue weighted by Crippen LogP contribution is 2.44. The number of carbonyl (C=O) groups is 1. The minimum atomic E-state index is 0.136. The first kappa shape index (κ1) is 8.24. The predicted molar refractivity (Wildman–Crippen MR) is 45.8 cm³/mol. The molecule has 0 spiro atoms. The van der Waals surface area contributed by atoms with Crippen molar-refractivity contribution in [2.45, 2.75) is 45.8 Å². The Balaban J connectivity index is 2.17. The molecule has 0 aromatic heterocycles. The molecule has 2 heteroatoms. The Labute approximate surface area is 73.3 Å². The number of carbonyl (C=O) groups excluding carboxylic acids is 1. The van der Waals surface area contributed by atoms with Gasteiger partial charge in [0.1, 0.15) is 5.78 Å². The van der Waals surface area contributed by atoms with Gasteiger partial charge >= 0.3 is 0 Å². The maximum Gasteiger partial charge on any atom is 0.138 e. The van der Waals surface area contributed by atoms with Crippen LogP contribution in [0.4, 0.5) is 0 Å². The van der Waals surface area contributed by atoms with E-state index in [-0.39, 0.29) is 17.4 Å². The molecule has 2 aliphatic rings. The van der Waals surface area contributed by atoms with Gasteiger partial charge in [0, 0.05) is 12.3 Å². The van der Waals surface area contributed by atoms with Crippen LogP contribution in [0.5, 0.6) is 0 Å². The molecule has 2 fully saturated rings. The van der Waals surface area contributed by atoms with E-state index in [0.29, 0.717) is 11.9 Å². The summed E-state index contributed by atoms with van der Waals surface area (Å²) in [6.45, 7) is 6.30. The van der Waals surface area contributed by atoms with E-state index in [1.54, 1.807) is 0 Å². The second-order valence-electron chi connectivity index (χ2n) is 4.94. The maximum absolute atomic E-state index is 11.6.